The molecule has 0 spiro atoms. The van der Waals surface area contributed by atoms with Gasteiger partial charge >= 0.3 is 12.2 Å². The van der Waals surface area contributed by atoms with E-state index in [1.165, 1.54) is 36.5 Å². The van der Waals surface area contributed by atoms with Crippen molar-refractivity contribution in [2.24, 2.45) is 0 Å². The van der Waals surface area contributed by atoms with Gasteiger partial charge in [0.25, 0.3) is 10.0 Å². The molecule has 0 atom stereocenters. The molecular weight excluding hydrogens is 495 g/mol. The average molecular weight is 516 g/mol. The second-order valence-corrected chi connectivity index (χ2v) is 9.34. The van der Waals surface area contributed by atoms with Gasteiger partial charge < -0.3 is 15.2 Å². The molecule has 2 amide bonds. The maximum absolute atomic E-state index is 13.0. The Balaban J connectivity index is 1.66. The molecular formula is C24H20F3N5O3S. The van der Waals surface area contributed by atoms with Gasteiger partial charge in [-0.05, 0) is 55.5 Å². The fourth-order valence-corrected chi connectivity index (χ4v) is 4.49. The number of imidazole rings is 1. The molecule has 1 aromatic heterocycles. The molecule has 0 aliphatic carbocycles. The van der Waals surface area contributed by atoms with Crippen LogP contribution in [0.1, 0.15) is 11.4 Å². The lowest BCUT2D eigenvalue weighted by molar-refractivity contribution is -0.137. The minimum Gasteiger partial charge on any atom is -0.308 e. The van der Waals surface area contributed by atoms with Crippen LogP contribution in [0.3, 0.4) is 0 Å². The van der Waals surface area contributed by atoms with Crippen LogP contribution in [0.5, 0.6) is 0 Å². The van der Waals surface area contributed by atoms with E-state index in [4.69, 9.17) is 0 Å². The van der Waals surface area contributed by atoms with E-state index in [1.54, 1.807) is 48.0 Å². The Morgan fingerprint density at radius 3 is 2.31 bits per heavy atom. The van der Waals surface area contributed by atoms with Crippen LogP contribution in [-0.4, -0.2) is 24.0 Å². The highest BCUT2D eigenvalue weighted by Crippen LogP contribution is 2.31. The lowest BCUT2D eigenvalue weighted by Crippen LogP contribution is -2.21. The molecule has 3 N–H and O–H groups in total. The number of carbonyl (C=O) groups is 1. The Labute approximate surface area is 204 Å². The molecule has 0 saturated heterocycles. The summed E-state index contributed by atoms with van der Waals surface area (Å²) in [4.78, 5) is 16.7. The molecule has 0 bridgehead atoms. The minimum atomic E-state index is -4.57. The molecule has 12 heteroatoms. The fourth-order valence-electron chi connectivity index (χ4n) is 3.40. The molecule has 4 aromatic rings. The number of rotatable bonds is 6. The largest absolute Gasteiger partial charge is 0.416 e. The van der Waals surface area contributed by atoms with Gasteiger partial charge in [-0.2, -0.15) is 13.2 Å². The number of carbonyl (C=O) groups excluding carboxylic acids is 1. The number of aryl methyl sites for hydroxylation is 1. The van der Waals surface area contributed by atoms with Crippen molar-refractivity contribution in [2.75, 3.05) is 15.4 Å². The molecule has 0 fully saturated rings. The molecule has 0 radical (unpaired) electrons. The zero-order valence-corrected chi connectivity index (χ0v) is 19.6. The number of halogens is 3. The number of sulfonamides is 1. The molecule has 0 aliphatic heterocycles. The fraction of sp³-hybridized carbons (Fsp3) is 0.0833. The lowest BCUT2D eigenvalue weighted by atomic mass is 10.2. The van der Waals surface area contributed by atoms with Crippen molar-refractivity contribution >= 4 is 33.1 Å². The van der Waals surface area contributed by atoms with Crippen LogP contribution >= 0.6 is 0 Å². The highest BCUT2D eigenvalue weighted by molar-refractivity contribution is 7.92. The summed E-state index contributed by atoms with van der Waals surface area (Å²) in [5.74, 6) is 0.564. The van der Waals surface area contributed by atoms with E-state index in [2.05, 4.69) is 20.3 Å². The topological polar surface area (TPSA) is 105 Å². The van der Waals surface area contributed by atoms with Crippen LogP contribution in [0.25, 0.3) is 5.69 Å². The normalized spacial score (nSPS) is 11.7. The van der Waals surface area contributed by atoms with Gasteiger partial charge in [0.2, 0.25) is 0 Å². The van der Waals surface area contributed by atoms with Crippen LogP contribution < -0.4 is 15.4 Å². The van der Waals surface area contributed by atoms with E-state index in [9.17, 15) is 26.4 Å². The number of hydrogen-bond acceptors (Lipinski definition) is 4. The predicted octanol–water partition coefficient (Wildman–Crippen LogP) is 5.64. The van der Waals surface area contributed by atoms with Crippen molar-refractivity contribution in [1.82, 2.24) is 9.55 Å². The number of nitrogens with zero attached hydrogens (tertiary/aromatic N) is 2. The maximum atomic E-state index is 13.0. The highest BCUT2D eigenvalue weighted by atomic mass is 32.2. The van der Waals surface area contributed by atoms with E-state index in [0.717, 1.165) is 12.1 Å². The van der Waals surface area contributed by atoms with E-state index >= 15 is 0 Å². The third-order valence-electron chi connectivity index (χ3n) is 5.09. The van der Waals surface area contributed by atoms with Gasteiger partial charge in [-0.15, -0.1) is 0 Å². The van der Waals surface area contributed by atoms with Crippen molar-refractivity contribution in [3.8, 4) is 5.69 Å². The molecule has 0 aliphatic rings. The number of aromatic nitrogens is 2. The number of benzene rings is 3. The molecule has 3 aromatic carbocycles. The molecule has 1 heterocycles. The molecule has 4 rings (SSSR count). The zero-order valence-electron chi connectivity index (χ0n) is 18.7. The van der Waals surface area contributed by atoms with Gasteiger partial charge in [-0.1, -0.05) is 24.3 Å². The van der Waals surface area contributed by atoms with Crippen LogP contribution in [-0.2, 0) is 16.2 Å². The van der Waals surface area contributed by atoms with Crippen LogP contribution in [0.2, 0.25) is 0 Å². The quantitative estimate of drug-likeness (QED) is 0.309. The Kier molecular flexibility index (Phi) is 6.71. The van der Waals surface area contributed by atoms with Crippen molar-refractivity contribution < 1.29 is 26.4 Å². The summed E-state index contributed by atoms with van der Waals surface area (Å²) >= 11 is 0. The summed E-state index contributed by atoms with van der Waals surface area (Å²) in [7, 11) is -4.02. The lowest BCUT2D eigenvalue weighted by Gasteiger charge is -2.16. The summed E-state index contributed by atoms with van der Waals surface area (Å²) in [5, 5.41) is 4.89. The van der Waals surface area contributed by atoms with E-state index in [0.29, 0.717) is 17.2 Å². The molecule has 0 unspecified atom stereocenters. The second-order valence-electron chi connectivity index (χ2n) is 7.65. The number of alkyl halides is 3. The smallest absolute Gasteiger partial charge is 0.308 e. The van der Waals surface area contributed by atoms with E-state index < -0.39 is 27.8 Å². The Bertz CT molecular complexity index is 1500. The standard InChI is InChI=1S/C24H20F3N5O3S/c1-16-28-12-13-32(16)22-11-10-20(36(34,35)31-18-7-3-2-4-8-18)15-21(22)30-23(33)29-19-9-5-6-17(14-19)24(25,26)27/h2-15,31H,1H3,(H2,29,30,33). The Hall–Kier alpha value is -4.32. The maximum Gasteiger partial charge on any atom is 0.416 e. The molecule has 36 heavy (non-hydrogen) atoms. The van der Waals surface area contributed by atoms with Gasteiger partial charge in [0, 0.05) is 23.8 Å². The summed E-state index contributed by atoms with van der Waals surface area (Å²) in [5.41, 5.74) is -0.157. The number of amides is 2. The van der Waals surface area contributed by atoms with Crippen molar-refractivity contribution in [2.45, 2.75) is 18.0 Å². The summed E-state index contributed by atoms with van der Waals surface area (Å²) in [6, 6.07) is 15.7. The highest BCUT2D eigenvalue weighted by Gasteiger charge is 2.30. The predicted molar refractivity (Wildman–Crippen MR) is 130 cm³/mol. The van der Waals surface area contributed by atoms with Gasteiger partial charge in [0.05, 0.1) is 21.8 Å². The van der Waals surface area contributed by atoms with Crippen molar-refractivity contribution in [3.05, 3.63) is 96.6 Å². The first-order valence-electron chi connectivity index (χ1n) is 10.5. The van der Waals surface area contributed by atoms with Gasteiger partial charge in [0.15, 0.2) is 0 Å². The third-order valence-corrected chi connectivity index (χ3v) is 6.46. The first-order chi connectivity index (χ1) is 17.0. The van der Waals surface area contributed by atoms with Crippen LogP contribution in [0.15, 0.2) is 90.1 Å². The SMILES string of the molecule is Cc1nccn1-c1ccc(S(=O)(=O)Nc2ccccc2)cc1NC(=O)Nc1cccc(C(F)(F)F)c1. The van der Waals surface area contributed by atoms with Crippen molar-refractivity contribution in [1.29, 1.82) is 0 Å². The second kappa shape index (κ2) is 9.74. The molecule has 186 valence electrons. The Morgan fingerprint density at radius 2 is 1.64 bits per heavy atom. The van der Waals surface area contributed by atoms with Gasteiger partial charge in [0.1, 0.15) is 5.82 Å². The third kappa shape index (κ3) is 5.66. The van der Waals surface area contributed by atoms with Crippen LogP contribution in [0, 0.1) is 6.92 Å². The zero-order chi connectivity index (χ0) is 25.9. The van der Waals surface area contributed by atoms with E-state index in [1.807, 2.05) is 0 Å². The number of hydrogen-bond donors (Lipinski definition) is 3. The van der Waals surface area contributed by atoms with Crippen molar-refractivity contribution in [3.63, 3.8) is 0 Å². The number of urea groups is 1. The molecule has 0 saturated carbocycles. The summed E-state index contributed by atoms with van der Waals surface area (Å²) < 4.78 is 69.0. The number of para-hydroxylation sites is 1. The number of nitrogens with one attached hydrogen (secondary N) is 3. The number of anilines is 3. The minimum absolute atomic E-state index is 0.0859. The Morgan fingerprint density at radius 1 is 0.917 bits per heavy atom. The monoisotopic (exact) mass is 515 g/mol. The summed E-state index contributed by atoms with van der Waals surface area (Å²) in [6.07, 6.45) is -1.42. The van der Waals surface area contributed by atoms with Crippen LogP contribution in [0.4, 0.5) is 35.0 Å². The first kappa shape index (κ1) is 24.8. The first-order valence-corrected chi connectivity index (χ1v) is 12.0. The average Bonchev–Trinajstić information content (AvgIpc) is 3.24. The van der Waals surface area contributed by atoms with Gasteiger partial charge in [-0.3, -0.25) is 4.72 Å². The summed E-state index contributed by atoms with van der Waals surface area (Å²) in [6.45, 7) is 1.72. The van der Waals surface area contributed by atoms with E-state index in [-0.39, 0.29) is 16.3 Å². The van der Waals surface area contributed by atoms with Gasteiger partial charge in [-0.25, -0.2) is 18.2 Å². The molecule has 8 nitrogen and oxygen atoms in total.